The maximum absolute atomic E-state index is 12.4. The quantitative estimate of drug-likeness (QED) is 0.786. The molecule has 1 atom stereocenters. The number of anilines is 1. The van der Waals surface area contributed by atoms with E-state index < -0.39 is 0 Å². The van der Waals surface area contributed by atoms with Gasteiger partial charge in [-0.15, -0.1) is 0 Å². The van der Waals surface area contributed by atoms with Gasteiger partial charge in [0, 0.05) is 31.2 Å². The first kappa shape index (κ1) is 15.1. The van der Waals surface area contributed by atoms with E-state index in [2.05, 4.69) is 16.0 Å². The number of halogens is 1. The summed E-state index contributed by atoms with van der Waals surface area (Å²) in [5.41, 5.74) is 1.09. The van der Waals surface area contributed by atoms with Crippen molar-refractivity contribution in [2.45, 2.75) is 18.9 Å². The molecule has 6 nitrogen and oxygen atoms in total. The Hall–Kier alpha value is -1.79. The molecule has 3 N–H and O–H groups in total. The summed E-state index contributed by atoms with van der Waals surface area (Å²) in [7, 11) is 0. The summed E-state index contributed by atoms with van der Waals surface area (Å²) in [5, 5.41) is 9.48. The van der Waals surface area contributed by atoms with Crippen LogP contribution in [0.5, 0.6) is 0 Å². The van der Waals surface area contributed by atoms with E-state index in [0.29, 0.717) is 29.4 Å². The molecule has 2 aliphatic rings. The van der Waals surface area contributed by atoms with Gasteiger partial charge in [-0.3, -0.25) is 9.69 Å². The number of carbonyl (C=O) groups is 2. The first-order chi connectivity index (χ1) is 10.6. The molecule has 2 heterocycles. The highest BCUT2D eigenvalue weighted by Crippen LogP contribution is 2.28. The Kier molecular flexibility index (Phi) is 4.49. The van der Waals surface area contributed by atoms with Gasteiger partial charge >= 0.3 is 6.03 Å². The van der Waals surface area contributed by atoms with Crippen LogP contribution < -0.4 is 20.9 Å². The summed E-state index contributed by atoms with van der Waals surface area (Å²) >= 11 is 6.17. The molecule has 0 saturated carbocycles. The van der Waals surface area contributed by atoms with E-state index in [1.165, 1.54) is 0 Å². The normalized spacial score (nSPS) is 21.6. The number of hydrogen-bond acceptors (Lipinski definition) is 3. The molecule has 0 unspecified atom stereocenters. The van der Waals surface area contributed by atoms with E-state index in [4.69, 9.17) is 11.6 Å². The highest BCUT2D eigenvalue weighted by Gasteiger charge is 2.24. The standard InChI is InChI=1S/C15H19ClN4O2/c16-12-4-3-10(8-13(12)20-7-6-18-15(20)22)14(21)19-11-2-1-5-17-9-11/h3-4,8,11,17H,1-2,5-7,9H2,(H,18,22)(H,19,21)/t11-/m0/s1. The molecule has 3 amide bonds. The molecule has 0 aromatic heterocycles. The van der Waals surface area contributed by atoms with Crippen LogP contribution in [0, 0.1) is 0 Å². The van der Waals surface area contributed by atoms with Gasteiger partial charge in [0.25, 0.3) is 5.91 Å². The predicted octanol–water partition coefficient (Wildman–Crippen LogP) is 1.35. The van der Waals surface area contributed by atoms with E-state index in [1.807, 2.05) is 0 Å². The lowest BCUT2D eigenvalue weighted by Gasteiger charge is -2.24. The van der Waals surface area contributed by atoms with Crippen molar-refractivity contribution in [1.29, 1.82) is 0 Å². The van der Waals surface area contributed by atoms with E-state index in [9.17, 15) is 9.59 Å². The maximum Gasteiger partial charge on any atom is 0.322 e. The minimum atomic E-state index is -0.184. The predicted molar refractivity (Wildman–Crippen MR) is 85.6 cm³/mol. The van der Waals surface area contributed by atoms with Crippen molar-refractivity contribution in [3.05, 3.63) is 28.8 Å². The second-order valence-electron chi connectivity index (χ2n) is 5.57. The van der Waals surface area contributed by atoms with Crippen LogP contribution in [0.3, 0.4) is 0 Å². The third-order valence-corrected chi connectivity index (χ3v) is 4.31. The van der Waals surface area contributed by atoms with Gasteiger partial charge in [0.1, 0.15) is 0 Å². The monoisotopic (exact) mass is 322 g/mol. The Balaban J connectivity index is 1.76. The largest absolute Gasteiger partial charge is 0.348 e. The number of piperidine rings is 1. The SMILES string of the molecule is O=C(N[C@H]1CCCNC1)c1ccc(Cl)c(N2CCNC2=O)c1. The van der Waals surface area contributed by atoms with Crippen molar-refractivity contribution in [1.82, 2.24) is 16.0 Å². The van der Waals surface area contributed by atoms with Crippen LogP contribution in [0.25, 0.3) is 0 Å². The zero-order chi connectivity index (χ0) is 15.5. The number of benzene rings is 1. The Morgan fingerprint density at radius 2 is 2.23 bits per heavy atom. The van der Waals surface area contributed by atoms with Gasteiger partial charge in [-0.25, -0.2) is 4.79 Å². The summed E-state index contributed by atoms with van der Waals surface area (Å²) in [4.78, 5) is 25.7. The third kappa shape index (κ3) is 3.18. The Morgan fingerprint density at radius 3 is 2.91 bits per heavy atom. The van der Waals surface area contributed by atoms with Crippen LogP contribution >= 0.6 is 11.6 Å². The molecule has 0 aliphatic carbocycles. The number of nitrogens with zero attached hydrogens (tertiary/aromatic N) is 1. The lowest BCUT2D eigenvalue weighted by atomic mass is 10.1. The minimum absolute atomic E-state index is 0.133. The van der Waals surface area contributed by atoms with Crippen molar-refractivity contribution in [2.75, 3.05) is 31.1 Å². The van der Waals surface area contributed by atoms with Crippen molar-refractivity contribution >= 4 is 29.2 Å². The van der Waals surface area contributed by atoms with Gasteiger partial charge in [0.15, 0.2) is 0 Å². The average Bonchev–Trinajstić information content (AvgIpc) is 2.94. The van der Waals surface area contributed by atoms with Crippen LogP contribution in [0.15, 0.2) is 18.2 Å². The molecule has 1 aromatic carbocycles. The fraction of sp³-hybridized carbons (Fsp3) is 0.467. The van der Waals surface area contributed by atoms with Gasteiger partial charge in [-0.1, -0.05) is 11.6 Å². The zero-order valence-electron chi connectivity index (χ0n) is 12.2. The van der Waals surface area contributed by atoms with E-state index in [-0.39, 0.29) is 18.0 Å². The molecule has 0 bridgehead atoms. The van der Waals surface area contributed by atoms with Crippen LogP contribution in [-0.4, -0.2) is 44.2 Å². The number of urea groups is 1. The lowest BCUT2D eigenvalue weighted by Crippen LogP contribution is -2.45. The molecule has 2 saturated heterocycles. The molecule has 0 spiro atoms. The molecule has 7 heteroatoms. The molecule has 1 aromatic rings. The molecule has 2 aliphatic heterocycles. The van der Waals surface area contributed by atoms with Gasteiger partial charge in [-0.2, -0.15) is 0 Å². The van der Waals surface area contributed by atoms with Gasteiger partial charge < -0.3 is 16.0 Å². The molecule has 118 valence electrons. The average molecular weight is 323 g/mol. The molecule has 3 rings (SSSR count). The molecule has 22 heavy (non-hydrogen) atoms. The second kappa shape index (κ2) is 6.54. The first-order valence-electron chi connectivity index (χ1n) is 7.51. The van der Waals surface area contributed by atoms with E-state index in [0.717, 1.165) is 25.9 Å². The van der Waals surface area contributed by atoms with E-state index in [1.54, 1.807) is 23.1 Å². The van der Waals surface area contributed by atoms with Crippen molar-refractivity contribution in [2.24, 2.45) is 0 Å². The molecule has 2 fully saturated rings. The topological polar surface area (TPSA) is 73.5 Å². The molecule has 0 radical (unpaired) electrons. The Labute approximate surface area is 134 Å². The smallest absolute Gasteiger partial charge is 0.322 e. The Morgan fingerprint density at radius 1 is 1.36 bits per heavy atom. The zero-order valence-corrected chi connectivity index (χ0v) is 12.9. The van der Waals surface area contributed by atoms with Crippen LogP contribution in [0.4, 0.5) is 10.5 Å². The van der Waals surface area contributed by atoms with Crippen LogP contribution in [0.2, 0.25) is 5.02 Å². The number of nitrogens with one attached hydrogen (secondary N) is 3. The number of rotatable bonds is 3. The molecular weight excluding hydrogens is 304 g/mol. The number of hydrogen-bond donors (Lipinski definition) is 3. The summed E-state index contributed by atoms with van der Waals surface area (Å²) in [6.45, 7) is 2.93. The molecular formula is C15H19ClN4O2. The Bertz CT molecular complexity index is 587. The minimum Gasteiger partial charge on any atom is -0.348 e. The highest BCUT2D eigenvalue weighted by atomic mass is 35.5. The van der Waals surface area contributed by atoms with Gasteiger partial charge in [0.2, 0.25) is 0 Å². The van der Waals surface area contributed by atoms with E-state index >= 15 is 0 Å². The summed E-state index contributed by atoms with van der Waals surface area (Å²) < 4.78 is 0. The summed E-state index contributed by atoms with van der Waals surface area (Å²) in [5.74, 6) is -0.133. The summed E-state index contributed by atoms with van der Waals surface area (Å²) in [6, 6.07) is 4.99. The van der Waals surface area contributed by atoms with Gasteiger partial charge in [0.05, 0.1) is 10.7 Å². The third-order valence-electron chi connectivity index (χ3n) is 3.99. The fourth-order valence-corrected chi connectivity index (χ4v) is 3.03. The lowest BCUT2D eigenvalue weighted by molar-refractivity contribution is 0.0930. The maximum atomic E-state index is 12.4. The second-order valence-corrected chi connectivity index (χ2v) is 5.97. The fourth-order valence-electron chi connectivity index (χ4n) is 2.81. The van der Waals surface area contributed by atoms with Crippen molar-refractivity contribution in [3.8, 4) is 0 Å². The summed E-state index contributed by atoms with van der Waals surface area (Å²) in [6.07, 6.45) is 2.04. The first-order valence-corrected chi connectivity index (χ1v) is 7.89. The van der Waals surface area contributed by atoms with Crippen LogP contribution in [0.1, 0.15) is 23.2 Å². The van der Waals surface area contributed by atoms with Crippen molar-refractivity contribution in [3.63, 3.8) is 0 Å². The van der Waals surface area contributed by atoms with Crippen LogP contribution in [-0.2, 0) is 0 Å². The van der Waals surface area contributed by atoms with Gasteiger partial charge in [-0.05, 0) is 37.6 Å². The van der Waals surface area contributed by atoms with Crippen molar-refractivity contribution < 1.29 is 9.59 Å². The number of amides is 3. The number of carbonyl (C=O) groups excluding carboxylic acids is 2. The highest BCUT2D eigenvalue weighted by molar-refractivity contribution is 6.34.